The van der Waals surface area contributed by atoms with Crippen LogP contribution in [0.4, 0.5) is 5.82 Å². The van der Waals surface area contributed by atoms with Gasteiger partial charge in [-0.1, -0.05) is 23.2 Å². The highest BCUT2D eigenvalue weighted by Gasteiger charge is 2.24. The van der Waals surface area contributed by atoms with Gasteiger partial charge < -0.3 is 5.73 Å². The first kappa shape index (κ1) is 14.5. The van der Waals surface area contributed by atoms with Crippen LogP contribution in [0.15, 0.2) is 28.9 Å². The van der Waals surface area contributed by atoms with E-state index in [1.54, 1.807) is 30.8 Å². The lowest BCUT2D eigenvalue weighted by atomic mass is 10.2. The topological polar surface area (TPSA) is 106 Å². The van der Waals surface area contributed by atoms with Gasteiger partial charge in [-0.2, -0.15) is 0 Å². The molecule has 1 heterocycles. The Labute approximate surface area is 121 Å². The highest BCUT2D eigenvalue weighted by Crippen LogP contribution is 2.06. The van der Waals surface area contributed by atoms with Crippen molar-refractivity contribution in [3.63, 3.8) is 0 Å². The van der Waals surface area contributed by atoms with E-state index in [0.717, 1.165) is 5.56 Å². The minimum Gasteiger partial charge on any atom is -0.379 e. The van der Waals surface area contributed by atoms with Gasteiger partial charge in [0.25, 0.3) is 0 Å². The van der Waals surface area contributed by atoms with Gasteiger partial charge >= 0.3 is 11.8 Å². The third-order valence-corrected chi connectivity index (χ3v) is 2.71. The van der Waals surface area contributed by atoms with Crippen LogP contribution in [-0.4, -0.2) is 40.8 Å². The molecule has 0 aliphatic carbocycles. The number of aromatic nitrogens is 2. The van der Waals surface area contributed by atoms with Gasteiger partial charge in [-0.3, -0.25) is 9.41 Å². The number of rotatable bonds is 2. The Kier molecular flexibility index (Phi) is 4.17. The van der Waals surface area contributed by atoms with E-state index < -0.39 is 5.97 Å². The monoisotopic (exact) mass is 290 g/mol. The van der Waals surface area contributed by atoms with Crippen LogP contribution in [0, 0.1) is 6.92 Å². The molecule has 0 saturated heterocycles. The highest BCUT2D eigenvalue weighted by molar-refractivity contribution is 5.97. The quantitative estimate of drug-likeness (QED) is 0.355. The third kappa shape index (κ3) is 3.35. The maximum Gasteiger partial charge on any atom is 0.387 e. The molecular weight excluding hydrogens is 274 g/mol. The first-order valence-corrected chi connectivity index (χ1v) is 6.15. The zero-order chi connectivity index (χ0) is 15.4. The van der Waals surface area contributed by atoms with Crippen molar-refractivity contribution in [1.82, 2.24) is 15.8 Å². The molecule has 0 bridgehead atoms. The Morgan fingerprint density at radius 2 is 1.95 bits per heavy atom. The van der Waals surface area contributed by atoms with E-state index in [9.17, 15) is 4.79 Å². The number of anilines is 1. The summed E-state index contributed by atoms with van der Waals surface area (Å²) in [6.07, 6.45) is 0. The van der Waals surface area contributed by atoms with E-state index in [1.165, 1.54) is 0 Å². The van der Waals surface area contributed by atoms with Crippen molar-refractivity contribution in [3.05, 3.63) is 41.1 Å². The summed E-state index contributed by atoms with van der Waals surface area (Å²) in [7, 11) is 3.46. The summed E-state index contributed by atoms with van der Waals surface area (Å²) in [6.45, 7) is 1.94. The van der Waals surface area contributed by atoms with Crippen molar-refractivity contribution in [2.75, 3.05) is 19.8 Å². The van der Waals surface area contributed by atoms with Gasteiger partial charge in [0.2, 0.25) is 11.5 Å². The highest BCUT2D eigenvalue weighted by atomic mass is 16.7. The van der Waals surface area contributed by atoms with Gasteiger partial charge in [-0.25, -0.2) is 9.42 Å². The first-order chi connectivity index (χ1) is 9.99. The number of hydrogen-bond acceptors (Lipinski definition) is 6. The molecule has 3 N–H and O–H groups in total. The molecule has 0 atom stereocenters. The van der Waals surface area contributed by atoms with E-state index in [-0.39, 0.29) is 11.5 Å². The largest absolute Gasteiger partial charge is 0.387 e. The summed E-state index contributed by atoms with van der Waals surface area (Å²) in [4.78, 5) is 17.0. The third-order valence-electron chi connectivity index (χ3n) is 2.71. The van der Waals surface area contributed by atoms with Crippen LogP contribution in [0.1, 0.15) is 21.6 Å². The predicted molar refractivity (Wildman–Crippen MR) is 74.7 cm³/mol. The standard InChI is InChI=1S/C13H15N5O3/c1-8-4-6-9(7-5-8)13(19)20-17-12(18(2)3)10-11(14)16-21-15-10/h4-7H,1-3H3,(H2,14,16)/p+1. The molecule has 110 valence electrons. The summed E-state index contributed by atoms with van der Waals surface area (Å²) >= 11 is 0. The number of aryl methyl sites for hydroxylation is 1. The SMILES string of the molecule is Cc1ccc(C(=O)ONC(c2nonc2N)=[N+](C)C)cc1. The van der Waals surface area contributed by atoms with Gasteiger partial charge in [0.15, 0.2) is 0 Å². The number of carbonyl (C=O) groups excluding carboxylic acids is 1. The van der Waals surface area contributed by atoms with Crippen molar-refractivity contribution in [2.24, 2.45) is 0 Å². The van der Waals surface area contributed by atoms with Crippen molar-refractivity contribution in [1.29, 1.82) is 0 Å². The molecule has 8 heteroatoms. The fourth-order valence-corrected chi connectivity index (χ4v) is 1.55. The predicted octanol–water partition coefficient (Wildman–Crippen LogP) is 0.341. The van der Waals surface area contributed by atoms with Crippen LogP contribution in [0.2, 0.25) is 0 Å². The lowest BCUT2D eigenvalue weighted by Crippen LogP contribution is -2.34. The molecule has 1 aromatic carbocycles. The number of amidine groups is 1. The number of nitrogens with one attached hydrogen (secondary N) is 1. The molecular formula is C13H16N5O3+. The van der Waals surface area contributed by atoms with Gasteiger partial charge in [0, 0.05) is 0 Å². The van der Waals surface area contributed by atoms with Gasteiger partial charge in [-0.05, 0) is 29.4 Å². The zero-order valence-corrected chi connectivity index (χ0v) is 12.0. The molecule has 0 aliphatic rings. The van der Waals surface area contributed by atoms with Crippen LogP contribution >= 0.6 is 0 Å². The maximum absolute atomic E-state index is 11.9. The molecule has 21 heavy (non-hydrogen) atoms. The molecule has 2 rings (SSSR count). The molecule has 0 fully saturated rings. The normalized spacial score (nSPS) is 10.0. The smallest absolute Gasteiger partial charge is 0.379 e. The second-order valence-corrected chi connectivity index (χ2v) is 4.60. The van der Waals surface area contributed by atoms with Gasteiger partial charge in [0.05, 0.1) is 19.7 Å². The summed E-state index contributed by atoms with van der Waals surface area (Å²) in [5.74, 6) is -0.0730. The lowest BCUT2D eigenvalue weighted by molar-refractivity contribution is -0.467. The summed E-state index contributed by atoms with van der Waals surface area (Å²) in [5.41, 5.74) is 9.89. The fourth-order valence-electron chi connectivity index (χ4n) is 1.55. The minimum absolute atomic E-state index is 0.0950. The van der Waals surface area contributed by atoms with E-state index in [2.05, 4.69) is 20.4 Å². The number of nitrogens with two attached hydrogens (primary N) is 1. The number of nitrogens with zero attached hydrogens (tertiary/aromatic N) is 3. The molecule has 1 aromatic heterocycles. The van der Waals surface area contributed by atoms with Crippen LogP contribution in [0.3, 0.4) is 0 Å². The zero-order valence-electron chi connectivity index (χ0n) is 12.0. The van der Waals surface area contributed by atoms with Crippen molar-refractivity contribution in [2.45, 2.75) is 6.92 Å². The van der Waals surface area contributed by atoms with Crippen molar-refractivity contribution in [3.8, 4) is 0 Å². The van der Waals surface area contributed by atoms with Crippen LogP contribution < -0.4 is 11.2 Å². The van der Waals surface area contributed by atoms with Crippen LogP contribution in [0.25, 0.3) is 0 Å². The molecule has 0 aliphatic heterocycles. The number of hydrogen-bond donors (Lipinski definition) is 2. The Hall–Kier alpha value is -2.90. The molecule has 0 radical (unpaired) electrons. The van der Waals surface area contributed by atoms with Crippen molar-refractivity contribution < 1.29 is 18.8 Å². The average Bonchev–Trinajstić information content (AvgIpc) is 2.85. The van der Waals surface area contributed by atoms with E-state index in [4.69, 9.17) is 10.6 Å². The van der Waals surface area contributed by atoms with E-state index >= 15 is 0 Å². The Morgan fingerprint density at radius 1 is 1.29 bits per heavy atom. The van der Waals surface area contributed by atoms with Crippen molar-refractivity contribution >= 4 is 17.6 Å². The molecule has 0 amide bonds. The number of benzene rings is 1. The molecule has 0 spiro atoms. The minimum atomic E-state index is -0.524. The van der Waals surface area contributed by atoms with Crippen LogP contribution in [-0.2, 0) is 4.84 Å². The average molecular weight is 290 g/mol. The summed E-state index contributed by atoms with van der Waals surface area (Å²) < 4.78 is 6.17. The first-order valence-electron chi connectivity index (χ1n) is 6.15. The van der Waals surface area contributed by atoms with E-state index in [1.807, 2.05) is 19.1 Å². The lowest BCUT2D eigenvalue weighted by Gasteiger charge is -2.03. The Morgan fingerprint density at radius 3 is 2.48 bits per heavy atom. The molecule has 2 aromatic rings. The maximum atomic E-state index is 11.9. The van der Waals surface area contributed by atoms with Gasteiger partial charge in [0.1, 0.15) is 0 Å². The van der Waals surface area contributed by atoms with Crippen LogP contribution in [0.5, 0.6) is 0 Å². The molecule has 0 unspecified atom stereocenters. The second kappa shape index (κ2) is 6.04. The number of carbonyl (C=O) groups is 1. The Balaban J connectivity index is 2.10. The molecule has 0 saturated carbocycles. The second-order valence-electron chi connectivity index (χ2n) is 4.60. The number of hydroxylamine groups is 1. The fraction of sp³-hybridized carbons (Fsp3) is 0.231. The Bertz CT molecular complexity index is 671. The summed E-state index contributed by atoms with van der Waals surface area (Å²) in [6, 6.07) is 7.01. The number of nitrogen functional groups attached to an aromatic ring is 1. The summed E-state index contributed by atoms with van der Waals surface area (Å²) in [5, 5.41) is 7.13. The van der Waals surface area contributed by atoms with Gasteiger partial charge in [-0.15, -0.1) is 0 Å². The van der Waals surface area contributed by atoms with E-state index in [0.29, 0.717) is 11.4 Å². The molecule has 8 nitrogen and oxygen atoms in total.